The van der Waals surface area contributed by atoms with Crippen LogP contribution in [0.25, 0.3) is 90.1 Å². The van der Waals surface area contributed by atoms with Crippen molar-refractivity contribution in [3.63, 3.8) is 0 Å². The summed E-state index contributed by atoms with van der Waals surface area (Å²) < 4.78 is 7.61. The average molecular weight is 789 g/mol. The van der Waals surface area contributed by atoms with Crippen LogP contribution in [0.5, 0.6) is 0 Å². The van der Waals surface area contributed by atoms with Crippen LogP contribution in [0.1, 0.15) is 5.56 Å². The summed E-state index contributed by atoms with van der Waals surface area (Å²) in [7, 11) is 0. The van der Waals surface area contributed by atoms with Gasteiger partial charge in [-0.1, -0.05) is 121 Å². The number of fused-ring (bicyclic) bond motifs is 9. The summed E-state index contributed by atoms with van der Waals surface area (Å²) in [6.07, 6.45) is 0. The van der Waals surface area contributed by atoms with Gasteiger partial charge in [-0.05, 0) is 114 Å². The normalized spacial score (nSPS) is 11.8. The Bertz CT molecular complexity index is 3570. The molecule has 0 aliphatic rings. The predicted molar refractivity (Wildman–Crippen MR) is 257 cm³/mol. The summed E-state index contributed by atoms with van der Waals surface area (Å²) in [5, 5.41) is 7.64. The fourth-order valence-electron chi connectivity index (χ4n) is 9.00. The molecule has 0 saturated heterocycles. The third-order valence-electron chi connectivity index (χ3n) is 11.8. The maximum Gasteiger partial charge on any atom is 0.0646 e. The zero-order chi connectivity index (χ0) is 39.0. The molecule has 2 nitrogen and oxygen atoms in total. The van der Waals surface area contributed by atoms with Gasteiger partial charge in [0.15, 0.2) is 0 Å². The summed E-state index contributed by atoms with van der Waals surface area (Å²) in [5.74, 6) is 0. The molecule has 0 saturated carbocycles. The Morgan fingerprint density at radius 3 is 1.83 bits per heavy atom. The van der Waals surface area contributed by atoms with Gasteiger partial charge in [0.05, 0.1) is 21.4 Å². The van der Waals surface area contributed by atoms with Crippen LogP contribution in [0, 0.1) is 6.92 Å². The molecule has 59 heavy (non-hydrogen) atoms. The first kappa shape index (κ1) is 34.1. The molecule has 0 bridgehead atoms. The highest BCUT2D eigenvalue weighted by molar-refractivity contribution is 7.26. The SMILES string of the molecule is Cc1ccc(N(c2ccc3sc4ccccc4c3c2)c2cc(-c3ccc4c(c3)c3ccccc3n4-c3cccc(-c4ccccc4)c3)cc3c2sc2ccccc23)cc1. The summed E-state index contributed by atoms with van der Waals surface area (Å²) in [6, 6.07) is 73.9. The second-order valence-corrected chi connectivity index (χ2v) is 17.6. The first-order chi connectivity index (χ1) is 29.1. The van der Waals surface area contributed by atoms with Crippen molar-refractivity contribution in [3.05, 3.63) is 206 Å². The molecule has 0 aliphatic carbocycles. The lowest BCUT2D eigenvalue weighted by Gasteiger charge is -2.27. The van der Waals surface area contributed by atoms with Crippen LogP contribution in [-0.4, -0.2) is 4.57 Å². The summed E-state index contributed by atoms with van der Waals surface area (Å²) in [4.78, 5) is 2.48. The molecule has 12 rings (SSSR count). The number of hydrogen-bond acceptors (Lipinski definition) is 3. The minimum atomic E-state index is 1.14. The first-order valence-electron chi connectivity index (χ1n) is 20.1. The van der Waals surface area contributed by atoms with Gasteiger partial charge in [-0.3, -0.25) is 0 Å². The van der Waals surface area contributed by atoms with E-state index in [0.29, 0.717) is 0 Å². The van der Waals surface area contributed by atoms with Gasteiger partial charge in [0, 0.05) is 63.5 Å². The summed E-state index contributed by atoms with van der Waals surface area (Å²) in [5.41, 5.74) is 13.1. The molecule has 3 heterocycles. The van der Waals surface area contributed by atoms with Crippen LogP contribution in [0.4, 0.5) is 17.1 Å². The monoisotopic (exact) mass is 788 g/mol. The topological polar surface area (TPSA) is 8.17 Å². The maximum absolute atomic E-state index is 2.48. The van der Waals surface area contributed by atoms with E-state index in [-0.39, 0.29) is 0 Å². The van der Waals surface area contributed by atoms with Crippen molar-refractivity contribution in [2.24, 2.45) is 0 Å². The molecule has 4 heteroatoms. The minimum Gasteiger partial charge on any atom is -0.309 e. The molecule has 0 fully saturated rings. The molecule has 278 valence electrons. The fourth-order valence-corrected chi connectivity index (χ4v) is 11.3. The lowest BCUT2D eigenvalue weighted by atomic mass is 9.98. The molecular weight excluding hydrogens is 753 g/mol. The van der Waals surface area contributed by atoms with Crippen LogP contribution in [0.3, 0.4) is 0 Å². The molecule has 0 spiro atoms. The van der Waals surface area contributed by atoms with Crippen molar-refractivity contribution in [3.8, 4) is 27.9 Å². The quantitative estimate of drug-likeness (QED) is 0.163. The molecule has 0 unspecified atom stereocenters. The number of para-hydroxylation sites is 1. The summed E-state index contributed by atoms with van der Waals surface area (Å²) in [6.45, 7) is 2.16. The van der Waals surface area contributed by atoms with Gasteiger partial charge in [0.1, 0.15) is 0 Å². The Morgan fingerprint density at radius 1 is 0.373 bits per heavy atom. The van der Waals surface area contributed by atoms with Crippen molar-refractivity contribution >= 4 is 102 Å². The van der Waals surface area contributed by atoms with E-state index >= 15 is 0 Å². The van der Waals surface area contributed by atoms with Gasteiger partial charge in [0.25, 0.3) is 0 Å². The molecule has 0 atom stereocenters. The lowest BCUT2D eigenvalue weighted by Crippen LogP contribution is -2.10. The Labute approximate surface area is 350 Å². The number of hydrogen-bond donors (Lipinski definition) is 0. The van der Waals surface area contributed by atoms with Gasteiger partial charge >= 0.3 is 0 Å². The average Bonchev–Trinajstić information content (AvgIpc) is 3.97. The number of nitrogens with zero attached hydrogens (tertiary/aromatic N) is 2. The van der Waals surface area contributed by atoms with Gasteiger partial charge in [-0.25, -0.2) is 0 Å². The van der Waals surface area contributed by atoms with Crippen LogP contribution >= 0.6 is 22.7 Å². The molecule has 0 aliphatic heterocycles. The predicted octanol–water partition coefficient (Wildman–Crippen LogP) is 16.6. The number of anilines is 3. The second-order valence-electron chi connectivity index (χ2n) is 15.4. The number of aryl methyl sites for hydroxylation is 1. The third-order valence-corrected chi connectivity index (χ3v) is 14.2. The van der Waals surface area contributed by atoms with Crippen molar-refractivity contribution < 1.29 is 0 Å². The van der Waals surface area contributed by atoms with Crippen LogP contribution in [-0.2, 0) is 0 Å². The Hall–Kier alpha value is -6.98. The first-order valence-corrected chi connectivity index (χ1v) is 21.7. The van der Waals surface area contributed by atoms with E-state index < -0.39 is 0 Å². The Balaban J connectivity index is 1.09. The smallest absolute Gasteiger partial charge is 0.0646 e. The van der Waals surface area contributed by atoms with Gasteiger partial charge in [-0.2, -0.15) is 0 Å². The lowest BCUT2D eigenvalue weighted by molar-refractivity contribution is 1.18. The third kappa shape index (κ3) is 5.60. The number of aromatic nitrogens is 1. The maximum atomic E-state index is 2.48. The van der Waals surface area contributed by atoms with Crippen LogP contribution in [0.2, 0.25) is 0 Å². The second kappa shape index (κ2) is 13.6. The number of thiophene rings is 2. The van der Waals surface area contributed by atoms with E-state index in [2.05, 4.69) is 217 Å². The fraction of sp³-hybridized carbons (Fsp3) is 0.0182. The van der Waals surface area contributed by atoms with E-state index in [9.17, 15) is 0 Å². The highest BCUT2D eigenvalue weighted by atomic mass is 32.1. The molecule has 3 aromatic heterocycles. The van der Waals surface area contributed by atoms with Crippen LogP contribution < -0.4 is 4.90 Å². The van der Waals surface area contributed by atoms with E-state index in [1.165, 1.54) is 95.7 Å². The molecule has 0 amide bonds. The van der Waals surface area contributed by atoms with Crippen molar-refractivity contribution in [2.75, 3.05) is 4.90 Å². The molecule has 9 aromatic carbocycles. The van der Waals surface area contributed by atoms with Gasteiger partial charge in [-0.15, -0.1) is 22.7 Å². The number of rotatable bonds is 6. The van der Waals surface area contributed by atoms with E-state index in [1.54, 1.807) is 0 Å². The van der Waals surface area contributed by atoms with Crippen molar-refractivity contribution in [1.29, 1.82) is 0 Å². The molecular formula is C55H36N2S2. The molecule has 0 radical (unpaired) electrons. The molecule has 0 N–H and O–H groups in total. The summed E-state index contributed by atoms with van der Waals surface area (Å²) >= 11 is 3.75. The highest BCUT2D eigenvalue weighted by Crippen LogP contribution is 2.49. The Morgan fingerprint density at radius 2 is 1.00 bits per heavy atom. The van der Waals surface area contributed by atoms with Crippen molar-refractivity contribution in [1.82, 2.24) is 4.57 Å². The van der Waals surface area contributed by atoms with Gasteiger partial charge in [0.2, 0.25) is 0 Å². The zero-order valence-electron chi connectivity index (χ0n) is 32.3. The highest BCUT2D eigenvalue weighted by Gasteiger charge is 2.22. The van der Waals surface area contributed by atoms with Gasteiger partial charge < -0.3 is 9.47 Å². The number of benzene rings is 9. The van der Waals surface area contributed by atoms with Crippen molar-refractivity contribution in [2.45, 2.75) is 6.92 Å². The Kier molecular flexibility index (Phi) is 7.84. The van der Waals surface area contributed by atoms with E-state index in [0.717, 1.165) is 17.1 Å². The largest absolute Gasteiger partial charge is 0.309 e. The molecule has 12 aromatic rings. The minimum absolute atomic E-state index is 1.14. The van der Waals surface area contributed by atoms with E-state index in [4.69, 9.17) is 0 Å². The van der Waals surface area contributed by atoms with Crippen LogP contribution in [0.15, 0.2) is 200 Å². The van der Waals surface area contributed by atoms with E-state index in [1.807, 2.05) is 22.7 Å². The standard InChI is InChI=1S/C55H36N2S2/c1-35-22-25-40(26-23-35)56(42-27-29-54-47(34-42)44-17-6-9-20-52(44)58-54)51-33-39(32-48-45-18-7-10-21-53(45)59-55(48)51)38-24-28-50-46(31-38)43-16-5-8-19-49(43)57(50)41-15-11-14-37(30-41)36-12-3-2-4-13-36/h2-34H,1H3. The zero-order valence-corrected chi connectivity index (χ0v) is 33.9.